The molecule has 6 nitrogen and oxygen atoms in total. The summed E-state index contributed by atoms with van der Waals surface area (Å²) in [5.41, 5.74) is 3.81. The summed E-state index contributed by atoms with van der Waals surface area (Å²) in [4.78, 5) is 16.8. The molecule has 1 heterocycles. The van der Waals surface area contributed by atoms with Crippen molar-refractivity contribution in [2.75, 3.05) is 24.9 Å². The normalized spacial score (nSPS) is 10.2. The van der Waals surface area contributed by atoms with Gasteiger partial charge in [-0.3, -0.25) is 9.78 Å². The molecule has 0 aliphatic rings. The van der Waals surface area contributed by atoms with Crippen LogP contribution in [0.3, 0.4) is 0 Å². The molecule has 0 radical (unpaired) electrons. The van der Waals surface area contributed by atoms with E-state index in [1.807, 2.05) is 31.2 Å². The summed E-state index contributed by atoms with van der Waals surface area (Å²) in [6, 6.07) is 14.9. The molecule has 3 aromatic rings. The second-order valence-electron chi connectivity index (χ2n) is 5.98. The Morgan fingerprint density at radius 3 is 2.56 bits per heavy atom. The van der Waals surface area contributed by atoms with E-state index in [1.54, 1.807) is 44.7 Å². The molecule has 6 heteroatoms. The molecule has 2 aromatic carbocycles. The fourth-order valence-corrected chi connectivity index (χ4v) is 2.62. The highest BCUT2D eigenvalue weighted by Crippen LogP contribution is 2.29. The van der Waals surface area contributed by atoms with Crippen LogP contribution in [0.1, 0.15) is 15.9 Å². The lowest BCUT2D eigenvalue weighted by molar-refractivity contribution is 0.102. The van der Waals surface area contributed by atoms with Crippen LogP contribution in [0.5, 0.6) is 11.5 Å². The van der Waals surface area contributed by atoms with Crippen LogP contribution in [0.4, 0.5) is 17.1 Å². The van der Waals surface area contributed by atoms with Gasteiger partial charge in [0, 0.05) is 18.0 Å². The van der Waals surface area contributed by atoms with Gasteiger partial charge in [0.05, 0.1) is 37.4 Å². The quantitative estimate of drug-likeness (QED) is 0.679. The van der Waals surface area contributed by atoms with E-state index < -0.39 is 0 Å². The van der Waals surface area contributed by atoms with Crippen molar-refractivity contribution in [3.8, 4) is 11.5 Å². The molecule has 0 atom stereocenters. The van der Waals surface area contributed by atoms with Gasteiger partial charge in [-0.2, -0.15) is 0 Å². The maximum Gasteiger partial charge on any atom is 0.257 e. The molecule has 0 bridgehead atoms. The SMILES string of the molecule is COc1ccc(NC(=O)c2cncc(Nc3cccc(C)c3)c2)c(OC)c1. The van der Waals surface area contributed by atoms with Crippen LogP contribution in [0.15, 0.2) is 60.9 Å². The van der Waals surface area contributed by atoms with E-state index in [0.29, 0.717) is 22.7 Å². The Balaban J connectivity index is 1.77. The third-order valence-corrected chi connectivity index (χ3v) is 3.96. The molecule has 138 valence electrons. The fourth-order valence-electron chi connectivity index (χ4n) is 2.62. The minimum Gasteiger partial charge on any atom is -0.497 e. The van der Waals surface area contributed by atoms with Crippen LogP contribution in [-0.2, 0) is 0 Å². The summed E-state index contributed by atoms with van der Waals surface area (Å²) >= 11 is 0. The van der Waals surface area contributed by atoms with Gasteiger partial charge in [-0.1, -0.05) is 12.1 Å². The third-order valence-electron chi connectivity index (χ3n) is 3.96. The number of nitrogens with zero attached hydrogens (tertiary/aromatic N) is 1. The Labute approximate surface area is 158 Å². The minimum atomic E-state index is -0.279. The van der Waals surface area contributed by atoms with Gasteiger partial charge in [0.2, 0.25) is 0 Å². The van der Waals surface area contributed by atoms with Gasteiger partial charge >= 0.3 is 0 Å². The number of nitrogens with one attached hydrogen (secondary N) is 2. The molecular weight excluding hydrogens is 342 g/mol. The topological polar surface area (TPSA) is 72.5 Å². The number of rotatable bonds is 6. The summed E-state index contributed by atoms with van der Waals surface area (Å²) < 4.78 is 10.5. The van der Waals surface area contributed by atoms with Gasteiger partial charge in [0.25, 0.3) is 5.91 Å². The molecule has 0 aliphatic heterocycles. The summed E-state index contributed by atoms with van der Waals surface area (Å²) in [6.07, 6.45) is 3.19. The van der Waals surface area contributed by atoms with Crippen molar-refractivity contribution in [3.63, 3.8) is 0 Å². The van der Waals surface area contributed by atoms with Crippen LogP contribution in [0, 0.1) is 6.92 Å². The van der Waals surface area contributed by atoms with Gasteiger partial charge in [-0.05, 0) is 42.8 Å². The zero-order valence-corrected chi connectivity index (χ0v) is 15.4. The van der Waals surface area contributed by atoms with Crippen molar-refractivity contribution in [3.05, 3.63) is 72.1 Å². The molecule has 0 fully saturated rings. The summed E-state index contributed by atoms with van der Waals surface area (Å²) in [5.74, 6) is 0.888. The number of anilines is 3. The van der Waals surface area contributed by atoms with Crippen molar-refractivity contribution in [2.24, 2.45) is 0 Å². The average molecular weight is 363 g/mol. The number of carbonyl (C=O) groups excluding carboxylic acids is 1. The second-order valence-corrected chi connectivity index (χ2v) is 5.98. The third kappa shape index (κ3) is 4.55. The number of aryl methyl sites for hydroxylation is 1. The first-order valence-electron chi connectivity index (χ1n) is 8.41. The number of amides is 1. The van der Waals surface area contributed by atoms with Crippen molar-refractivity contribution >= 4 is 23.0 Å². The maximum atomic E-state index is 12.6. The Bertz CT molecular complexity index is 957. The van der Waals surface area contributed by atoms with E-state index in [1.165, 1.54) is 6.20 Å². The summed E-state index contributed by atoms with van der Waals surface area (Å²) in [5, 5.41) is 6.10. The van der Waals surface area contributed by atoms with Crippen LogP contribution >= 0.6 is 0 Å². The number of carbonyl (C=O) groups is 1. The Morgan fingerprint density at radius 1 is 0.963 bits per heavy atom. The number of ether oxygens (including phenoxy) is 2. The Kier molecular flexibility index (Phi) is 5.56. The minimum absolute atomic E-state index is 0.279. The molecular formula is C21H21N3O3. The van der Waals surface area contributed by atoms with Crippen LogP contribution in [0.2, 0.25) is 0 Å². The van der Waals surface area contributed by atoms with Crippen LogP contribution < -0.4 is 20.1 Å². The molecule has 1 amide bonds. The van der Waals surface area contributed by atoms with Crippen molar-refractivity contribution < 1.29 is 14.3 Å². The number of methoxy groups -OCH3 is 2. The van der Waals surface area contributed by atoms with E-state index in [-0.39, 0.29) is 5.91 Å². The molecule has 0 spiro atoms. The van der Waals surface area contributed by atoms with Crippen molar-refractivity contribution in [2.45, 2.75) is 6.92 Å². The van der Waals surface area contributed by atoms with E-state index in [4.69, 9.17) is 9.47 Å². The molecule has 2 N–H and O–H groups in total. The van der Waals surface area contributed by atoms with Gasteiger partial charge in [-0.25, -0.2) is 0 Å². The van der Waals surface area contributed by atoms with E-state index >= 15 is 0 Å². The van der Waals surface area contributed by atoms with Crippen molar-refractivity contribution in [1.82, 2.24) is 4.98 Å². The monoisotopic (exact) mass is 363 g/mol. The lowest BCUT2D eigenvalue weighted by Gasteiger charge is -2.12. The fraction of sp³-hybridized carbons (Fsp3) is 0.143. The smallest absolute Gasteiger partial charge is 0.257 e. The number of pyridine rings is 1. The maximum absolute atomic E-state index is 12.6. The number of hydrogen-bond donors (Lipinski definition) is 2. The second kappa shape index (κ2) is 8.23. The lowest BCUT2D eigenvalue weighted by Crippen LogP contribution is -2.13. The van der Waals surface area contributed by atoms with Gasteiger partial charge < -0.3 is 20.1 Å². The standard InChI is InChI=1S/C21H21N3O3/c1-14-5-4-6-16(9-14)23-17-10-15(12-22-13-17)21(25)24-19-8-7-18(26-2)11-20(19)27-3/h4-13,23H,1-3H3,(H,24,25). The van der Waals surface area contributed by atoms with Crippen LogP contribution in [-0.4, -0.2) is 25.1 Å². The zero-order valence-electron chi connectivity index (χ0n) is 15.4. The first-order chi connectivity index (χ1) is 13.1. The zero-order chi connectivity index (χ0) is 19.2. The van der Waals surface area contributed by atoms with E-state index in [9.17, 15) is 4.79 Å². The highest BCUT2D eigenvalue weighted by Gasteiger charge is 2.12. The molecule has 1 aromatic heterocycles. The largest absolute Gasteiger partial charge is 0.497 e. The molecule has 0 aliphatic carbocycles. The number of aromatic nitrogens is 1. The molecule has 0 saturated carbocycles. The number of benzene rings is 2. The van der Waals surface area contributed by atoms with E-state index in [0.717, 1.165) is 16.9 Å². The predicted molar refractivity (Wildman–Crippen MR) is 106 cm³/mol. The van der Waals surface area contributed by atoms with E-state index in [2.05, 4.69) is 15.6 Å². The highest BCUT2D eigenvalue weighted by atomic mass is 16.5. The number of hydrogen-bond acceptors (Lipinski definition) is 5. The first kappa shape index (κ1) is 18.3. The average Bonchev–Trinajstić information content (AvgIpc) is 2.68. The van der Waals surface area contributed by atoms with Crippen LogP contribution in [0.25, 0.3) is 0 Å². The summed E-state index contributed by atoms with van der Waals surface area (Å²) in [7, 11) is 3.11. The van der Waals surface area contributed by atoms with Crippen molar-refractivity contribution in [1.29, 1.82) is 0 Å². The van der Waals surface area contributed by atoms with Gasteiger partial charge in [0.1, 0.15) is 11.5 Å². The Hall–Kier alpha value is -3.54. The molecule has 0 unspecified atom stereocenters. The molecule has 27 heavy (non-hydrogen) atoms. The van der Waals surface area contributed by atoms with Gasteiger partial charge in [0.15, 0.2) is 0 Å². The van der Waals surface area contributed by atoms with Gasteiger partial charge in [-0.15, -0.1) is 0 Å². The predicted octanol–water partition coefficient (Wildman–Crippen LogP) is 4.40. The first-order valence-corrected chi connectivity index (χ1v) is 8.41. The molecule has 3 rings (SSSR count). The molecule has 0 saturated heterocycles. The lowest BCUT2D eigenvalue weighted by atomic mass is 10.2. The summed E-state index contributed by atoms with van der Waals surface area (Å²) in [6.45, 7) is 2.02. The highest BCUT2D eigenvalue weighted by molar-refractivity contribution is 6.05. The Morgan fingerprint density at radius 2 is 1.81 bits per heavy atom.